The van der Waals surface area contributed by atoms with E-state index in [-0.39, 0.29) is 34.2 Å². The van der Waals surface area contributed by atoms with Crippen LogP contribution in [0.1, 0.15) is 56.1 Å². The van der Waals surface area contributed by atoms with Gasteiger partial charge in [-0.05, 0) is 53.9 Å². The van der Waals surface area contributed by atoms with Crippen LogP contribution in [-0.4, -0.2) is 56.2 Å². The van der Waals surface area contributed by atoms with Gasteiger partial charge in [0.15, 0.2) is 0 Å². The molecule has 2 aromatic carbocycles. The Balaban J connectivity index is 2.01. The summed E-state index contributed by atoms with van der Waals surface area (Å²) in [6.45, 7) is 8.38. The number of carboxylic acid groups (broad SMARTS) is 1. The van der Waals surface area contributed by atoms with Crippen molar-refractivity contribution in [3.8, 4) is 0 Å². The number of hydrogen-bond donors (Lipinski definition) is 2. The molecule has 0 aliphatic carbocycles. The molecule has 0 spiro atoms. The Bertz CT molecular complexity index is 1420. The molecule has 4 rings (SSSR count). The minimum Gasteiger partial charge on any atom is -0.478 e. The van der Waals surface area contributed by atoms with E-state index in [4.69, 9.17) is 9.84 Å². The largest absolute Gasteiger partial charge is 0.478 e. The first-order valence-electron chi connectivity index (χ1n) is 12.7. The van der Waals surface area contributed by atoms with Gasteiger partial charge < -0.3 is 9.84 Å². The fourth-order valence-electron chi connectivity index (χ4n) is 5.25. The van der Waals surface area contributed by atoms with Crippen molar-refractivity contribution in [1.29, 1.82) is 0 Å². The average Bonchev–Trinajstić information content (AvgIpc) is 3.15. The summed E-state index contributed by atoms with van der Waals surface area (Å²) in [4.78, 5) is 26.5. The number of benzene rings is 2. The van der Waals surface area contributed by atoms with E-state index in [0.717, 1.165) is 35.2 Å². The van der Waals surface area contributed by atoms with Gasteiger partial charge in [-0.3, -0.25) is 4.90 Å². The van der Waals surface area contributed by atoms with E-state index in [9.17, 15) is 9.59 Å². The Morgan fingerprint density at radius 1 is 1.26 bits per heavy atom. The molecule has 208 valence electrons. The SMILES string of the molecule is CC(S)COC(=O)n1c2c(c3ccccc31)C[C@@H](C)N(CC(C)(C)P)C2c1c(F)cc(/C=C/C(=O)O)cc1F. The van der Waals surface area contributed by atoms with E-state index < -0.39 is 29.7 Å². The molecular formula is C29H33F2N2O4PS. The van der Waals surface area contributed by atoms with E-state index in [1.165, 1.54) is 4.57 Å². The zero-order valence-corrected chi connectivity index (χ0v) is 24.4. The Labute approximate surface area is 234 Å². The number of ether oxygens (including phenoxy) is 1. The number of carbonyl (C=O) groups is 2. The maximum atomic E-state index is 15.9. The summed E-state index contributed by atoms with van der Waals surface area (Å²) < 4.78 is 38.8. The first kappa shape index (κ1) is 29.2. The lowest BCUT2D eigenvalue weighted by Gasteiger charge is -2.44. The fourth-order valence-corrected chi connectivity index (χ4v) is 5.54. The topological polar surface area (TPSA) is 71.8 Å². The minimum absolute atomic E-state index is 0.0694. The molecule has 10 heteroatoms. The number of aliphatic carboxylic acids is 1. The number of carboxylic acids is 1. The normalized spacial score (nSPS) is 18.9. The summed E-state index contributed by atoms with van der Waals surface area (Å²) in [5.74, 6) is -2.88. The molecule has 39 heavy (non-hydrogen) atoms. The number of hydrogen-bond acceptors (Lipinski definition) is 5. The molecule has 0 saturated carbocycles. The minimum atomic E-state index is -1.22. The van der Waals surface area contributed by atoms with E-state index in [2.05, 4.69) is 21.9 Å². The first-order chi connectivity index (χ1) is 18.3. The van der Waals surface area contributed by atoms with Gasteiger partial charge in [-0.25, -0.2) is 22.9 Å². The lowest BCUT2D eigenvalue weighted by Crippen LogP contribution is -2.48. The summed E-state index contributed by atoms with van der Waals surface area (Å²) in [7, 11) is 2.78. The Hall–Kier alpha value is -2.74. The number of thiol groups is 1. The number of carbonyl (C=O) groups excluding carboxylic acids is 1. The highest BCUT2D eigenvalue weighted by Gasteiger charge is 2.42. The Kier molecular flexibility index (Phi) is 8.55. The molecule has 3 aromatic rings. The van der Waals surface area contributed by atoms with Gasteiger partial charge in [0.1, 0.15) is 18.2 Å². The summed E-state index contributed by atoms with van der Waals surface area (Å²) in [5.41, 5.74) is 1.78. The fraction of sp³-hybridized carbons (Fsp3) is 0.379. The van der Waals surface area contributed by atoms with Crippen LogP contribution in [0.5, 0.6) is 0 Å². The van der Waals surface area contributed by atoms with Gasteiger partial charge in [-0.15, -0.1) is 9.24 Å². The molecule has 3 unspecified atom stereocenters. The summed E-state index contributed by atoms with van der Waals surface area (Å²) in [6, 6.07) is 8.57. The van der Waals surface area contributed by atoms with Crippen molar-refractivity contribution in [3.63, 3.8) is 0 Å². The number of para-hydroxylation sites is 1. The molecule has 0 radical (unpaired) electrons. The van der Waals surface area contributed by atoms with E-state index in [1.54, 1.807) is 13.0 Å². The molecule has 1 N–H and O–H groups in total. The van der Waals surface area contributed by atoms with Crippen molar-refractivity contribution in [2.24, 2.45) is 0 Å². The molecular weight excluding hydrogens is 541 g/mol. The van der Waals surface area contributed by atoms with Crippen LogP contribution in [0.3, 0.4) is 0 Å². The highest BCUT2D eigenvalue weighted by molar-refractivity contribution is 7.80. The third kappa shape index (κ3) is 6.21. The Morgan fingerprint density at radius 3 is 2.49 bits per heavy atom. The van der Waals surface area contributed by atoms with Crippen molar-refractivity contribution >= 4 is 50.9 Å². The maximum Gasteiger partial charge on any atom is 0.418 e. The van der Waals surface area contributed by atoms with Crippen LogP contribution in [0.25, 0.3) is 17.0 Å². The molecule has 0 amide bonds. The number of nitrogens with zero attached hydrogens (tertiary/aromatic N) is 2. The predicted octanol–water partition coefficient (Wildman–Crippen LogP) is 6.31. The second-order valence-corrected chi connectivity index (χ2v) is 13.3. The predicted molar refractivity (Wildman–Crippen MR) is 156 cm³/mol. The second-order valence-electron chi connectivity index (χ2n) is 10.8. The summed E-state index contributed by atoms with van der Waals surface area (Å²) in [6.07, 6.45) is 1.90. The van der Waals surface area contributed by atoms with E-state index in [1.807, 2.05) is 43.9 Å². The standard InChI is InChI=1S/C29H33F2N2O4PS/c1-16-11-20-19-7-5-6-8-23(19)33(28(36)37-14-17(2)39)26(20)27(32(16)15-29(3,4)38)25-21(30)12-18(13-22(25)31)9-10-24(34)35/h5-10,12-13,16-17,27,39H,11,14-15,38H2,1-4H3,(H,34,35)/b10-9+/t16-,17?,27?/m1/s1. The number of halogens is 2. The maximum absolute atomic E-state index is 15.9. The molecule has 0 fully saturated rings. The first-order valence-corrected chi connectivity index (χ1v) is 13.8. The van der Waals surface area contributed by atoms with Crippen molar-refractivity contribution in [1.82, 2.24) is 9.47 Å². The van der Waals surface area contributed by atoms with Gasteiger partial charge in [-0.1, -0.05) is 39.0 Å². The van der Waals surface area contributed by atoms with E-state index in [0.29, 0.717) is 24.2 Å². The zero-order chi connectivity index (χ0) is 28.6. The van der Waals surface area contributed by atoms with Crippen molar-refractivity contribution < 1.29 is 28.2 Å². The van der Waals surface area contributed by atoms with Crippen LogP contribution in [0.4, 0.5) is 13.6 Å². The molecule has 6 nitrogen and oxygen atoms in total. The molecule has 1 aromatic heterocycles. The number of fused-ring (bicyclic) bond motifs is 3. The van der Waals surface area contributed by atoms with Crippen LogP contribution < -0.4 is 0 Å². The van der Waals surface area contributed by atoms with Crippen LogP contribution in [0.15, 0.2) is 42.5 Å². The third-order valence-electron chi connectivity index (χ3n) is 6.69. The van der Waals surface area contributed by atoms with Crippen molar-refractivity contribution in [2.75, 3.05) is 13.2 Å². The van der Waals surface area contributed by atoms with Crippen LogP contribution in [-0.2, 0) is 16.0 Å². The monoisotopic (exact) mass is 574 g/mol. The van der Waals surface area contributed by atoms with Crippen molar-refractivity contribution in [3.05, 3.63) is 76.5 Å². The molecule has 0 saturated heterocycles. The smallest absolute Gasteiger partial charge is 0.418 e. The van der Waals surface area contributed by atoms with Gasteiger partial charge in [-0.2, -0.15) is 12.6 Å². The average molecular weight is 575 g/mol. The lowest BCUT2D eigenvalue weighted by atomic mass is 9.87. The van der Waals surface area contributed by atoms with Gasteiger partial charge in [0.25, 0.3) is 0 Å². The number of aromatic nitrogens is 1. The lowest BCUT2D eigenvalue weighted by molar-refractivity contribution is -0.131. The Morgan fingerprint density at radius 2 is 1.90 bits per heavy atom. The highest BCUT2D eigenvalue weighted by Crippen LogP contribution is 2.45. The molecule has 1 aliphatic rings. The van der Waals surface area contributed by atoms with Gasteiger partial charge in [0.2, 0.25) is 0 Å². The molecule has 1 aliphatic heterocycles. The van der Waals surface area contributed by atoms with E-state index >= 15 is 8.78 Å². The quantitative estimate of drug-likeness (QED) is 0.197. The third-order valence-corrected chi connectivity index (χ3v) is 7.02. The van der Waals surface area contributed by atoms with Gasteiger partial charge >= 0.3 is 12.1 Å². The zero-order valence-electron chi connectivity index (χ0n) is 22.3. The van der Waals surface area contributed by atoms with Gasteiger partial charge in [0, 0.05) is 34.9 Å². The van der Waals surface area contributed by atoms with Crippen LogP contribution >= 0.6 is 21.9 Å². The van der Waals surface area contributed by atoms with Crippen molar-refractivity contribution in [2.45, 2.75) is 56.6 Å². The molecule has 0 bridgehead atoms. The highest BCUT2D eigenvalue weighted by atomic mass is 32.1. The number of rotatable bonds is 7. The summed E-state index contributed by atoms with van der Waals surface area (Å²) in [5, 5.41) is 9.27. The van der Waals surface area contributed by atoms with Gasteiger partial charge in [0.05, 0.1) is 17.3 Å². The van der Waals surface area contributed by atoms with Crippen LogP contribution in [0.2, 0.25) is 0 Å². The second kappa shape index (κ2) is 11.4. The molecule has 2 heterocycles. The molecule has 4 atom stereocenters. The summed E-state index contributed by atoms with van der Waals surface area (Å²) >= 11 is 4.32. The van der Waals surface area contributed by atoms with Crippen LogP contribution in [0, 0.1) is 11.6 Å².